The van der Waals surface area contributed by atoms with E-state index in [1.165, 1.54) is 19.3 Å². The summed E-state index contributed by atoms with van der Waals surface area (Å²) in [6.45, 7) is 0. The first kappa shape index (κ1) is 7.63. The van der Waals surface area contributed by atoms with Gasteiger partial charge in [-0.25, -0.2) is 0 Å². The van der Waals surface area contributed by atoms with Crippen LogP contribution in [0.15, 0.2) is 23.0 Å². The van der Waals surface area contributed by atoms with Gasteiger partial charge in [-0.15, -0.1) is 0 Å². The van der Waals surface area contributed by atoms with E-state index in [2.05, 4.69) is 0 Å². The molecular formula is C11H14O2. The highest BCUT2D eigenvalue weighted by Gasteiger charge is 2.51. The van der Waals surface area contributed by atoms with Crippen molar-refractivity contribution in [2.75, 3.05) is 0 Å². The Morgan fingerprint density at radius 2 is 2.38 bits per heavy atom. The number of hydrogen-bond acceptors (Lipinski definition) is 2. The Bertz CT molecular complexity index is 304. The summed E-state index contributed by atoms with van der Waals surface area (Å²) in [4.78, 5) is 0. The highest BCUT2D eigenvalue weighted by atomic mass is 16.3. The van der Waals surface area contributed by atoms with E-state index in [1.807, 2.05) is 6.07 Å². The number of hydrogen-bond donors (Lipinski definition) is 1. The second-order valence-corrected chi connectivity index (χ2v) is 4.52. The van der Waals surface area contributed by atoms with E-state index in [0.717, 1.165) is 17.9 Å². The predicted molar refractivity (Wildman–Crippen MR) is 48.1 cm³/mol. The van der Waals surface area contributed by atoms with Crippen LogP contribution in [0.25, 0.3) is 0 Å². The van der Waals surface area contributed by atoms with Crippen LogP contribution in [0.4, 0.5) is 0 Å². The number of furan rings is 1. The van der Waals surface area contributed by atoms with Crippen LogP contribution in [0.5, 0.6) is 0 Å². The first-order valence-corrected chi connectivity index (χ1v) is 5.04. The van der Waals surface area contributed by atoms with Crippen molar-refractivity contribution in [3.8, 4) is 0 Å². The summed E-state index contributed by atoms with van der Waals surface area (Å²) in [7, 11) is 0. The lowest BCUT2D eigenvalue weighted by atomic mass is 9.80. The zero-order valence-corrected chi connectivity index (χ0v) is 7.57. The van der Waals surface area contributed by atoms with E-state index in [0.29, 0.717) is 5.92 Å². The lowest BCUT2D eigenvalue weighted by Crippen LogP contribution is -2.31. The standard InChI is InChI=1S/C11H14O2/c12-11(10-3-4-13-7-10)6-8-1-2-9(11)5-8/h3-4,7-9,12H,1-2,5-6H2. The molecule has 3 atom stereocenters. The Labute approximate surface area is 77.6 Å². The molecule has 2 nitrogen and oxygen atoms in total. The van der Waals surface area contributed by atoms with Crippen molar-refractivity contribution < 1.29 is 9.52 Å². The van der Waals surface area contributed by atoms with Crippen molar-refractivity contribution in [3.63, 3.8) is 0 Å². The maximum atomic E-state index is 10.5. The van der Waals surface area contributed by atoms with Gasteiger partial charge in [0, 0.05) is 5.56 Å². The Balaban J connectivity index is 1.98. The number of aliphatic hydroxyl groups is 1. The third-order valence-corrected chi connectivity index (χ3v) is 3.84. The van der Waals surface area contributed by atoms with E-state index in [1.54, 1.807) is 12.5 Å². The molecular weight excluding hydrogens is 164 g/mol. The largest absolute Gasteiger partial charge is 0.472 e. The molecule has 3 rings (SSSR count). The van der Waals surface area contributed by atoms with Crippen LogP contribution in [-0.2, 0) is 5.60 Å². The minimum absolute atomic E-state index is 0.482. The van der Waals surface area contributed by atoms with E-state index >= 15 is 0 Å². The van der Waals surface area contributed by atoms with Gasteiger partial charge < -0.3 is 9.52 Å². The summed E-state index contributed by atoms with van der Waals surface area (Å²) in [5.74, 6) is 1.24. The molecule has 1 aromatic heterocycles. The van der Waals surface area contributed by atoms with Gasteiger partial charge in [0.1, 0.15) is 0 Å². The van der Waals surface area contributed by atoms with Gasteiger partial charge >= 0.3 is 0 Å². The fourth-order valence-electron chi connectivity index (χ4n) is 3.17. The molecule has 0 spiro atoms. The Hall–Kier alpha value is -0.760. The second-order valence-electron chi connectivity index (χ2n) is 4.52. The van der Waals surface area contributed by atoms with Gasteiger partial charge in [0.15, 0.2) is 0 Å². The summed E-state index contributed by atoms with van der Waals surface area (Å²) < 4.78 is 5.04. The molecule has 70 valence electrons. The highest BCUT2D eigenvalue weighted by molar-refractivity contribution is 5.21. The molecule has 2 fully saturated rings. The molecule has 0 aromatic carbocycles. The lowest BCUT2D eigenvalue weighted by molar-refractivity contribution is -0.0187. The SMILES string of the molecule is OC1(c2ccoc2)CC2CCC1C2. The molecule has 0 radical (unpaired) electrons. The summed E-state index contributed by atoms with van der Waals surface area (Å²) in [5.41, 5.74) is 0.426. The second kappa shape index (κ2) is 2.38. The van der Waals surface area contributed by atoms with Crippen molar-refractivity contribution in [2.24, 2.45) is 11.8 Å². The first-order chi connectivity index (χ1) is 6.29. The molecule has 13 heavy (non-hydrogen) atoms. The van der Waals surface area contributed by atoms with Crippen molar-refractivity contribution in [1.82, 2.24) is 0 Å². The van der Waals surface area contributed by atoms with Gasteiger partial charge in [-0.1, -0.05) is 0 Å². The molecule has 1 aromatic rings. The zero-order chi connectivity index (χ0) is 8.89. The van der Waals surface area contributed by atoms with Crippen molar-refractivity contribution >= 4 is 0 Å². The normalized spacial score (nSPS) is 42.8. The summed E-state index contributed by atoms with van der Waals surface area (Å²) >= 11 is 0. The molecule has 2 aliphatic carbocycles. The topological polar surface area (TPSA) is 33.4 Å². The van der Waals surface area contributed by atoms with Crippen LogP contribution < -0.4 is 0 Å². The van der Waals surface area contributed by atoms with Crippen molar-refractivity contribution in [2.45, 2.75) is 31.3 Å². The van der Waals surface area contributed by atoms with Gasteiger partial charge in [0.25, 0.3) is 0 Å². The third-order valence-electron chi connectivity index (χ3n) is 3.84. The van der Waals surface area contributed by atoms with Crippen LogP contribution in [-0.4, -0.2) is 5.11 Å². The van der Waals surface area contributed by atoms with Gasteiger partial charge in [-0.3, -0.25) is 0 Å². The minimum Gasteiger partial charge on any atom is -0.472 e. The monoisotopic (exact) mass is 178 g/mol. The van der Waals surface area contributed by atoms with Gasteiger partial charge in [0.2, 0.25) is 0 Å². The molecule has 1 N–H and O–H groups in total. The lowest BCUT2D eigenvalue weighted by Gasteiger charge is -2.31. The molecule has 0 amide bonds. The maximum absolute atomic E-state index is 10.5. The maximum Gasteiger partial charge on any atom is 0.0963 e. The number of rotatable bonds is 1. The smallest absolute Gasteiger partial charge is 0.0963 e. The summed E-state index contributed by atoms with van der Waals surface area (Å²) in [6.07, 6.45) is 8.00. The van der Waals surface area contributed by atoms with E-state index in [9.17, 15) is 5.11 Å². The molecule has 2 bridgehead atoms. The average Bonchev–Trinajstić information content (AvgIpc) is 2.79. The summed E-state index contributed by atoms with van der Waals surface area (Å²) in [5, 5.41) is 10.5. The van der Waals surface area contributed by atoms with E-state index in [-0.39, 0.29) is 0 Å². The van der Waals surface area contributed by atoms with Gasteiger partial charge in [0.05, 0.1) is 18.1 Å². The first-order valence-electron chi connectivity index (χ1n) is 5.04. The third kappa shape index (κ3) is 0.923. The van der Waals surface area contributed by atoms with Gasteiger partial charge in [-0.05, 0) is 43.6 Å². The minimum atomic E-state index is -0.560. The molecule has 2 saturated carbocycles. The molecule has 2 heteroatoms. The van der Waals surface area contributed by atoms with E-state index in [4.69, 9.17) is 4.42 Å². The quantitative estimate of drug-likeness (QED) is 0.715. The fraction of sp³-hybridized carbons (Fsp3) is 0.636. The zero-order valence-electron chi connectivity index (χ0n) is 7.57. The van der Waals surface area contributed by atoms with Crippen LogP contribution in [0, 0.1) is 11.8 Å². The van der Waals surface area contributed by atoms with Crippen LogP contribution in [0.1, 0.15) is 31.2 Å². The predicted octanol–water partition coefficient (Wildman–Crippen LogP) is 2.29. The molecule has 0 saturated heterocycles. The number of fused-ring (bicyclic) bond motifs is 2. The fourth-order valence-corrected chi connectivity index (χ4v) is 3.17. The average molecular weight is 178 g/mol. The Morgan fingerprint density at radius 3 is 2.92 bits per heavy atom. The van der Waals surface area contributed by atoms with Crippen LogP contribution in [0.3, 0.4) is 0 Å². The van der Waals surface area contributed by atoms with Crippen molar-refractivity contribution in [3.05, 3.63) is 24.2 Å². The Morgan fingerprint density at radius 1 is 1.46 bits per heavy atom. The van der Waals surface area contributed by atoms with E-state index < -0.39 is 5.60 Å². The highest BCUT2D eigenvalue weighted by Crippen LogP contribution is 2.55. The van der Waals surface area contributed by atoms with Crippen LogP contribution >= 0.6 is 0 Å². The molecule has 1 heterocycles. The van der Waals surface area contributed by atoms with Gasteiger partial charge in [-0.2, -0.15) is 0 Å². The molecule has 0 aliphatic heterocycles. The van der Waals surface area contributed by atoms with Crippen molar-refractivity contribution in [1.29, 1.82) is 0 Å². The van der Waals surface area contributed by atoms with Crippen LogP contribution in [0.2, 0.25) is 0 Å². The molecule has 3 unspecified atom stereocenters. The summed E-state index contributed by atoms with van der Waals surface area (Å²) in [6, 6.07) is 1.90. The molecule has 2 aliphatic rings. The Kier molecular flexibility index (Phi) is 1.40.